The number of carboxylic acids is 1. The van der Waals surface area contributed by atoms with Crippen molar-refractivity contribution in [3.05, 3.63) is 39.8 Å². The molecule has 0 saturated heterocycles. The van der Waals surface area contributed by atoms with Crippen LogP contribution in [0.1, 0.15) is 24.6 Å². The predicted molar refractivity (Wildman–Crippen MR) is 88.4 cm³/mol. The number of carbonyl (C=O) groups is 1. The molecule has 1 unspecified atom stereocenters. The minimum Gasteiger partial charge on any atom is -0.480 e. The monoisotopic (exact) mass is 368 g/mol. The highest BCUT2D eigenvalue weighted by Crippen LogP contribution is 2.26. The van der Waals surface area contributed by atoms with Gasteiger partial charge >= 0.3 is 5.97 Å². The predicted octanol–water partition coefficient (Wildman–Crippen LogP) is 3.92. The van der Waals surface area contributed by atoms with Crippen LogP contribution in [-0.2, 0) is 11.3 Å². The molecule has 2 aromatic rings. The second kappa shape index (κ2) is 7.68. The minimum absolute atomic E-state index is 0.492. The summed E-state index contributed by atoms with van der Waals surface area (Å²) in [7, 11) is 0. The number of hydrogen-bond acceptors (Lipinski definition) is 4. The summed E-state index contributed by atoms with van der Waals surface area (Å²) in [6.07, 6.45) is 3.28. The summed E-state index contributed by atoms with van der Waals surface area (Å²) in [6, 6.07) is 7.49. The number of nitrogens with one attached hydrogen (secondary N) is 1. The fraction of sp³-hybridized carbons (Fsp3) is 0.333. The Morgan fingerprint density at radius 3 is 2.76 bits per heavy atom. The first kappa shape index (κ1) is 16.1. The van der Waals surface area contributed by atoms with Crippen molar-refractivity contribution in [1.82, 2.24) is 10.3 Å². The quantitative estimate of drug-likeness (QED) is 0.777. The van der Waals surface area contributed by atoms with Crippen molar-refractivity contribution in [2.75, 3.05) is 0 Å². The molecule has 0 aliphatic heterocycles. The van der Waals surface area contributed by atoms with Crippen LogP contribution < -0.4 is 5.32 Å². The maximum absolute atomic E-state index is 11.1. The van der Waals surface area contributed by atoms with E-state index in [0.29, 0.717) is 13.0 Å². The van der Waals surface area contributed by atoms with Crippen LogP contribution in [0.4, 0.5) is 0 Å². The molecule has 2 N–H and O–H groups in total. The molecule has 6 heteroatoms. The lowest BCUT2D eigenvalue weighted by atomic mass is 10.2. The minimum atomic E-state index is -0.797. The van der Waals surface area contributed by atoms with E-state index < -0.39 is 12.0 Å². The molecule has 0 bridgehead atoms. The van der Waals surface area contributed by atoms with Gasteiger partial charge in [0.2, 0.25) is 0 Å². The van der Waals surface area contributed by atoms with Crippen LogP contribution >= 0.6 is 27.3 Å². The standard InChI is InChI=1S/C15H17BrN2O2S/c1-2-3-13(15(19)20)17-8-12-9-18-14(21-12)10-4-6-11(16)7-5-10/h4-7,9,13,17H,2-3,8H2,1H3,(H,19,20). The van der Waals surface area contributed by atoms with Gasteiger partial charge in [0, 0.05) is 27.7 Å². The highest BCUT2D eigenvalue weighted by molar-refractivity contribution is 9.10. The molecular formula is C15H17BrN2O2S. The smallest absolute Gasteiger partial charge is 0.320 e. The Balaban J connectivity index is 2.00. The van der Waals surface area contributed by atoms with Crippen molar-refractivity contribution in [1.29, 1.82) is 0 Å². The molecule has 0 aliphatic carbocycles. The second-order valence-corrected chi connectivity index (χ2v) is 6.73. The van der Waals surface area contributed by atoms with E-state index in [9.17, 15) is 4.79 Å². The number of hydrogen-bond donors (Lipinski definition) is 2. The zero-order chi connectivity index (χ0) is 15.2. The van der Waals surface area contributed by atoms with Gasteiger partial charge in [-0.2, -0.15) is 0 Å². The molecular weight excluding hydrogens is 352 g/mol. The molecule has 1 aromatic carbocycles. The van der Waals surface area contributed by atoms with E-state index in [0.717, 1.165) is 26.3 Å². The molecule has 1 atom stereocenters. The van der Waals surface area contributed by atoms with Crippen LogP contribution in [0.25, 0.3) is 10.6 Å². The fourth-order valence-corrected chi connectivity index (χ4v) is 3.07. The molecule has 0 saturated carbocycles. The van der Waals surface area contributed by atoms with Gasteiger partial charge in [0.1, 0.15) is 11.0 Å². The van der Waals surface area contributed by atoms with Gasteiger partial charge in [-0.3, -0.25) is 10.1 Å². The highest BCUT2D eigenvalue weighted by atomic mass is 79.9. The number of rotatable bonds is 7. The first-order valence-electron chi connectivity index (χ1n) is 6.77. The first-order chi connectivity index (χ1) is 10.1. The van der Waals surface area contributed by atoms with Crippen LogP contribution in [0.2, 0.25) is 0 Å². The van der Waals surface area contributed by atoms with E-state index in [4.69, 9.17) is 5.11 Å². The van der Waals surface area contributed by atoms with Crippen molar-refractivity contribution >= 4 is 33.2 Å². The Morgan fingerprint density at radius 1 is 1.43 bits per heavy atom. The maximum Gasteiger partial charge on any atom is 0.320 e. The van der Waals surface area contributed by atoms with Gasteiger partial charge in [-0.1, -0.05) is 41.4 Å². The number of carboxylic acid groups (broad SMARTS) is 1. The van der Waals surface area contributed by atoms with E-state index in [2.05, 4.69) is 26.2 Å². The van der Waals surface area contributed by atoms with E-state index in [-0.39, 0.29) is 0 Å². The molecule has 1 heterocycles. The molecule has 0 fully saturated rings. The summed E-state index contributed by atoms with van der Waals surface area (Å²) in [4.78, 5) is 16.5. The average molecular weight is 369 g/mol. The largest absolute Gasteiger partial charge is 0.480 e. The summed E-state index contributed by atoms with van der Waals surface area (Å²) in [5, 5.41) is 13.1. The van der Waals surface area contributed by atoms with Crippen molar-refractivity contribution in [2.24, 2.45) is 0 Å². The highest BCUT2D eigenvalue weighted by Gasteiger charge is 2.15. The zero-order valence-corrected chi connectivity index (χ0v) is 14.1. The summed E-state index contributed by atoms with van der Waals surface area (Å²) < 4.78 is 1.04. The molecule has 21 heavy (non-hydrogen) atoms. The summed E-state index contributed by atoms with van der Waals surface area (Å²) in [5.41, 5.74) is 1.07. The van der Waals surface area contributed by atoms with Crippen molar-refractivity contribution in [3.8, 4) is 10.6 Å². The van der Waals surface area contributed by atoms with E-state index >= 15 is 0 Å². The summed E-state index contributed by atoms with van der Waals surface area (Å²) in [5.74, 6) is -0.797. The molecule has 2 rings (SSSR count). The zero-order valence-electron chi connectivity index (χ0n) is 11.7. The molecule has 0 aliphatic rings. The van der Waals surface area contributed by atoms with Crippen molar-refractivity contribution in [2.45, 2.75) is 32.4 Å². The van der Waals surface area contributed by atoms with Crippen molar-refractivity contribution < 1.29 is 9.90 Å². The second-order valence-electron chi connectivity index (χ2n) is 4.70. The van der Waals surface area contributed by atoms with Gasteiger partial charge in [-0.15, -0.1) is 11.3 Å². The Kier molecular flexibility index (Phi) is 5.90. The molecule has 0 spiro atoms. The molecule has 1 aromatic heterocycles. The molecule has 4 nitrogen and oxygen atoms in total. The number of benzene rings is 1. The number of nitrogens with zero attached hydrogens (tertiary/aromatic N) is 1. The van der Waals surface area contributed by atoms with E-state index in [1.54, 1.807) is 17.5 Å². The molecule has 0 amide bonds. The van der Waals surface area contributed by atoms with Gasteiger partial charge in [-0.25, -0.2) is 4.98 Å². The first-order valence-corrected chi connectivity index (χ1v) is 8.38. The lowest BCUT2D eigenvalue weighted by Gasteiger charge is -2.11. The van der Waals surface area contributed by atoms with Crippen LogP contribution in [0.5, 0.6) is 0 Å². The number of aliphatic carboxylic acids is 1. The van der Waals surface area contributed by atoms with Crippen LogP contribution in [0, 0.1) is 0 Å². The normalized spacial score (nSPS) is 12.3. The van der Waals surface area contributed by atoms with Gasteiger partial charge in [0.05, 0.1) is 0 Å². The van der Waals surface area contributed by atoms with Crippen molar-refractivity contribution in [3.63, 3.8) is 0 Å². The van der Waals surface area contributed by atoms with Crippen LogP contribution in [0.15, 0.2) is 34.9 Å². The molecule has 112 valence electrons. The molecule has 0 radical (unpaired) electrons. The Labute approximate surface area is 136 Å². The fourth-order valence-electron chi connectivity index (χ4n) is 1.94. The van der Waals surface area contributed by atoms with Gasteiger partial charge in [0.15, 0.2) is 0 Å². The summed E-state index contributed by atoms with van der Waals surface area (Å²) >= 11 is 4.99. The number of aromatic nitrogens is 1. The lowest BCUT2D eigenvalue weighted by Crippen LogP contribution is -2.35. The maximum atomic E-state index is 11.1. The van der Waals surface area contributed by atoms with Gasteiger partial charge in [-0.05, 0) is 18.6 Å². The van der Waals surface area contributed by atoms with Crippen LogP contribution in [0.3, 0.4) is 0 Å². The lowest BCUT2D eigenvalue weighted by molar-refractivity contribution is -0.139. The third-order valence-electron chi connectivity index (χ3n) is 3.04. The van der Waals surface area contributed by atoms with Gasteiger partial charge < -0.3 is 5.11 Å². The third-order valence-corrected chi connectivity index (χ3v) is 4.62. The summed E-state index contributed by atoms with van der Waals surface area (Å²) in [6.45, 7) is 2.51. The van der Waals surface area contributed by atoms with Crippen LogP contribution in [-0.4, -0.2) is 22.1 Å². The average Bonchev–Trinajstić information content (AvgIpc) is 2.92. The Hall–Kier alpha value is -1.24. The topological polar surface area (TPSA) is 62.2 Å². The Morgan fingerprint density at radius 2 is 2.14 bits per heavy atom. The Bertz CT molecular complexity index is 598. The number of halogens is 1. The third kappa shape index (κ3) is 4.62. The number of thiazole rings is 1. The van der Waals surface area contributed by atoms with Gasteiger partial charge in [0.25, 0.3) is 0 Å². The SMILES string of the molecule is CCCC(NCc1cnc(-c2ccc(Br)cc2)s1)C(=O)O. The van der Waals surface area contributed by atoms with E-state index in [1.165, 1.54) is 0 Å². The van der Waals surface area contributed by atoms with E-state index in [1.807, 2.05) is 31.2 Å².